The van der Waals surface area contributed by atoms with E-state index >= 15 is 0 Å². The first-order chi connectivity index (χ1) is 12.1. The fourth-order valence-electron chi connectivity index (χ4n) is 2.75. The maximum absolute atomic E-state index is 12.1. The zero-order valence-corrected chi connectivity index (χ0v) is 16.1. The van der Waals surface area contributed by atoms with Gasteiger partial charge in [-0.2, -0.15) is 0 Å². The normalized spacial score (nSPS) is 15.2. The molecule has 0 spiro atoms. The lowest BCUT2D eigenvalue weighted by Crippen LogP contribution is -2.49. The van der Waals surface area contributed by atoms with Crippen LogP contribution in [-0.4, -0.2) is 48.5 Å². The molecular weight excluding hydrogens is 404 g/mol. The zero-order valence-electron chi connectivity index (χ0n) is 13.8. The minimum absolute atomic E-state index is 0.0465. The lowest BCUT2D eigenvalue weighted by Gasteiger charge is -2.35. The van der Waals surface area contributed by atoms with Crippen LogP contribution in [0.15, 0.2) is 47.1 Å². The van der Waals surface area contributed by atoms with E-state index in [4.69, 9.17) is 11.6 Å². The number of carbonyl (C=O) groups is 1. The number of halogens is 2. The smallest absolute Gasteiger partial charge is 0.234 e. The molecule has 0 saturated carbocycles. The quantitative estimate of drug-likeness (QED) is 0.803. The number of nitrogens with one attached hydrogen (secondary N) is 1. The molecule has 0 bridgehead atoms. The summed E-state index contributed by atoms with van der Waals surface area (Å²) in [7, 11) is 0. The highest BCUT2D eigenvalue weighted by Crippen LogP contribution is 2.16. The van der Waals surface area contributed by atoms with Gasteiger partial charge in [-0.1, -0.05) is 23.7 Å². The maximum atomic E-state index is 12.1. The first-order valence-electron chi connectivity index (χ1n) is 8.20. The van der Waals surface area contributed by atoms with Crippen LogP contribution in [0, 0.1) is 0 Å². The number of carbonyl (C=O) groups excluding carboxylic acids is 1. The van der Waals surface area contributed by atoms with Gasteiger partial charge in [0.05, 0.1) is 6.54 Å². The van der Waals surface area contributed by atoms with E-state index in [0.717, 1.165) is 42.0 Å². The van der Waals surface area contributed by atoms with Gasteiger partial charge < -0.3 is 10.2 Å². The monoisotopic (exact) mass is 422 g/mol. The van der Waals surface area contributed by atoms with Gasteiger partial charge in [0.2, 0.25) is 5.91 Å². The van der Waals surface area contributed by atoms with Crippen LogP contribution >= 0.6 is 27.5 Å². The molecule has 25 heavy (non-hydrogen) atoms. The summed E-state index contributed by atoms with van der Waals surface area (Å²) >= 11 is 9.26. The van der Waals surface area contributed by atoms with Crippen molar-refractivity contribution in [3.05, 3.63) is 57.7 Å². The molecule has 0 aliphatic carbocycles. The number of pyridine rings is 1. The molecule has 1 aliphatic rings. The third kappa shape index (κ3) is 5.42. The molecule has 1 aromatic carbocycles. The van der Waals surface area contributed by atoms with E-state index in [9.17, 15) is 4.79 Å². The van der Waals surface area contributed by atoms with Crippen molar-refractivity contribution in [1.82, 2.24) is 15.2 Å². The van der Waals surface area contributed by atoms with E-state index in [0.29, 0.717) is 18.1 Å². The molecule has 3 rings (SSSR count). The Bertz CT molecular complexity index is 700. The standard InChI is InChI=1S/C18H20BrClN4O/c19-15-3-6-17(21-12-15)24-9-7-23(8-10-24)13-18(25)22-11-14-1-4-16(20)5-2-14/h1-6,12H,7-11,13H2,(H,22,25). The van der Waals surface area contributed by atoms with Crippen LogP contribution in [0.4, 0.5) is 5.82 Å². The van der Waals surface area contributed by atoms with E-state index in [1.807, 2.05) is 42.6 Å². The molecule has 2 heterocycles. The highest BCUT2D eigenvalue weighted by atomic mass is 79.9. The van der Waals surface area contributed by atoms with E-state index in [-0.39, 0.29) is 5.91 Å². The molecule has 1 amide bonds. The van der Waals surface area contributed by atoms with Crippen molar-refractivity contribution in [3.8, 4) is 0 Å². The van der Waals surface area contributed by atoms with Crippen molar-refractivity contribution >= 4 is 39.3 Å². The Morgan fingerprint density at radius 1 is 1.12 bits per heavy atom. The first kappa shape index (κ1) is 18.2. The average molecular weight is 424 g/mol. The lowest BCUT2D eigenvalue weighted by atomic mass is 10.2. The molecule has 1 saturated heterocycles. The van der Waals surface area contributed by atoms with Gasteiger partial charge in [-0.3, -0.25) is 9.69 Å². The first-order valence-corrected chi connectivity index (χ1v) is 9.37. The highest BCUT2D eigenvalue weighted by Gasteiger charge is 2.19. The molecule has 7 heteroatoms. The fourth-order valence-corrected chi connectivity index (χ4v) is 3.11. The van der Waals surface area contributed by atoms with Gasteiger partial charge in [0.15, 0.2) is 0 Å². The predicted octanol–water partition coefficient (Wildman–Crippen LogP) is 2.94. The summed E-state index contributed by atoms with van der Waals surface area (Å²) in [6.07, 6.45) is 1.81. The average Bonchev–Trinajstić information content (AvgIpc) is 2.63. The molecule has 0 atom stereocenters. The van der Waals surface area contributed by atoms with E-state index in [1.54, 1.807) is 0 Å². The zero-order chi connectivity index (χ0) is 17.6. The number of nitrogens with zero attached hydrogens (tertiary/aromatic N) is 3. The summed E-state index contributed by atoms with van der Waals surface area (Å²) in [6.45, 7) is 4.41. The molecule has 0 radical (unpaired) electrons. The molecule has 1 fully saturated rings. The summed E-state index contributed by atoms with van der Waals surface area (Å²) in [5.41, 5.74) is 1.05. The highest BCUT2D eigenvalue weighted by molar-refractivity contribution is 9.10. The van der Waals surface area contributed by atoms with E-state index in [1.165, 1.54) is 0 Å². The van der Waals surface area contributed by atoms with Crippen LogP contribution in [0.2, 0.25) is 5.02 Å². The molecule has 5 nitrogen and oxygen atoms in total. The third-order valence-electron chi connectivity index (χ3n) is 4.18. The number of piperazine rings is 1. The number of rotatable bonds is 5. The number of aromatic nitrogens is 1. The number of anilines is 1. The minimum Gasteiger partial charge on any atom is -0.354 e. The number of hydrogen-bond donors (Lipinski definition) is 1. The summed E-state index contributed by atoms with van der Waals surface area (Å²) in [4.78, 5) is 21.0. The molecular formula is C18H20BrClN4O. The van der Waals surface area contributed by atoms with Gasteiger partial charge in [-0.05, 0) is 45.8 Å². The Kier molecular flexibility index (Phi) is 6.29. The van der Waals surface area contributed by atoms with Gasteiger partial charge >= 0.3 is 0 Å². The van der Waals surface area contributed by atoms with Crippen LogP contribution in [0.3, 0.4) is 0 Å². The Balaban J connectivity index is 1.41. The summed E-state index contributed by atoms with van der Waals surface area (Å²) in [6, 6.07) is 11.5. The number of amides is 1. The second-order valence-electron chi connectivity index (χ2n) is 6.00. The fraction of sp³-hybridized carbons (Fsp3) is 0.333. The van der Waals surface area contributed by atoms with E-state index in [2.05, 4.69) is 36.0 Å². The van der Waals surface area contributed by atoms with Crippen LogP contribution in [-0.2, 0) is 11.3 Å². The number of benzene rings is 1. The lowest BCUT2D eigenvalue weighted by molar-refractivity contribution is -0.122. The van der Waals surface area contributed by atoms with Gasteiger partial charge in [-0.15, -0.1) is 0 Å². The molecule has 2 aromatic rings. The van der Waals surface area contributed by atoms with Crippen molar-refractivity contribution in [1.29, 1.82) is 0 Å². The second kappa shape index (κ2) is 8.65. The van der Waals surface area contributed by atoms with Crippen LogP contribution in [0.25, 0.3) is 0 Å². The Morgan fingerprint density at radius 2 is 1.84 bits per heavy atom. The topological polar surface area (TPSA) is 48.5 Å². The van der Waals surface area contributed by atoms with Gasteiger partial charge in [0, 0.05) is 48.4 Å². The Hall–Kier alpha value is -1.63. The summed E-state index contributed by atoms with van der Waals surface area (Å²) in [5, 5.41) is 3.66. The van der Waals surface area contributed by atoms with Crippen LogP contribution in [0.1, 0.15) is 5.56 Å². The van der Waals surface area contributed by atoms with Gasteiger partial charge in [-0.25, -0.2) is 4.98 Å². The van der Waals surface area contributed by atoms with Gasteiger partial charge in [0.25, 0.3) is 0 Å². The molecule has 1 N–H and O–H groups in total. The molecule has 132 valence electrons. The SMILES string of the molecule is O=C(CN1CCN(c2ccc(Br)cn2)CC1)NCc1ccc(Cl)cc1. The van der Waals surface area contributed by atoms with Gasteiger partial charge in [0.1, 0.15) is 5.82 Å². The second-order valence-corrected chi connectivity index (χ2v) is 7.35. The van der Waals surface area contributed by atoms with Crippen molar-refractivity contribution in [2.75, 3.05) is 37.6 Å². The number of hydrogen-bond acceptors (Lipinski definition) is 4. The third-order valence-corrected chi connectivity index (χ3v) is 4.90. The maximum Gasteiger partial charge on any atom is 0.234 e. The predicted molar refractivity (Wildman–Crippen MR) is 104 cm³/mol. The summed E-state index contributed by atoms with van der Waals surface area (Å²) < 4.78 is 0.979. The van der Waals surface area contributed by atoms with Crippen LogP contribution in [0.5, 0.6) is 0 Å². The van der Waals surface area contributed by atoms with Crippen molar-refractivity contribution in [3.63, 3.8) is 0 Å². The molecule has 0 unspecified atom stereocenters. The Labute approximate surface area is 161 Å². The minimum atomic E-state index is 0.0465. The largest absolute Gasteiger partial charge is 0.354 e. The van der Waals surface area contributed by atoms with Crippen molar-refractivity contribution in [2.24, 2.45) is 0 Å². The molecule has 1 aliphatic heterocycles. The van der Waals surface area contributed by atoms with E-state index < -0.39 is 0 Å². The van der Waals surface area contributed by atoms with Crippen LogP contribution < -0.4 is 10.2 Å². The van der Waals surface area contributed by atoms with Crippen molar-refractivity contribution in [2.45, 2.75) is 6.54 Å². The summed E-state index contributed by atoms with van der Waals surface area (Å²) in [5.74, 6) is 1.03. The van der Waals surface area contributed by atoms with Crippen molar-refractivity contribution < 1.29 is 4.79 Å². The Morgan fingerprint density at radius 3 is 2.48 bits per heavy atom. The molecule has 1 aromatic heterocycles.